The molecule has 2 heterocycles. The molecule has 0 saturated heterocycles. The number of rotatable bonds is 3. The molecule has 8 heteroatoms. The molecule has 0 aliphatic carbocycles. The van der Waals surface area contributed by atoms with Gasteiger partial charge in [-0.1, -0.05) is 23.2 Å². The van der Waals surface area contributed by atoms with Crippen LogP contribution in [0.25, 0.3) is 0 Å². The van der Waals surface area contributed by atoms with E-state index in [4.69, 9.17) is 28.3 Å². The second-order valence-electron chi connectivity index (χ2n) is 3.88. The molecule has 2 aromatic heterocycles. The molecule has 0 spiro atoms. The molecular formula is C12H8Cl2N2O3S. The van der Waals surface area contributed by atoms with E-state index in [-0.39, 0.29) is 20.7 Å². The summed E-state index contributed by atoms with van der Waals surface area (Å²) in [5.74, 6) is -1.46. The molecule has 0 unspecified atom stereocenters. The fraction of sp³-hybridized carbons (Fsp3) is 0.0833. The molecule has 2 aromatic rings. The summed E-state index contributed by atoms with van der Waals surface area (Å²) in [6.45, 7) is 1.66. The fourth-order valence-electron chi connectivity index (χ4n) is 1.54. The topological polar surface area (TPSA) is 79.3 Å². The van der Waals surface area contributed by atoms with E-state index in [0.29, 0.717) is 10.6 Å². The van der Waals surface area contributed by atoms with Crippen molar-refractivity contribution in [2.45, 2.75) is 6.92 Å². The van der Waals surface area contributed by atoms with E-state index in [1.165, 1.54) is 12.1 Å². The van der Waals surface area contributed by atoms with Crippen molar-refractivity contribution < 1.29 is 14.7 Å². The predicted octanol–water partition coefficient (Wildman–Crippen LogP) is 3.71. The summed E-state index contributed by atoms with van der Waals surface area (Å²) in [5, 5.41) is 12.2. The smallest absolute Gasteiger partial charge is 0.346 e. The van der Waals surface area contributed by atoms with Crippen LogP contribution in [0.1, 0.15) is 25.6 Å². The van der Waals surface area contributed by atoms with Crippen molar-refractivity contribution in [1.82, 2.24) is 4.98 Å². The SMILES string of the molecule is Cc1cc(NC(=O)c2cc(Cl)nc(Cl)c2)sc1C(=O)O. The first-order chi connectivity index (χ1) is 9.36. The Morgan fingerprint density at radius 2 is 1.85 bits per heavy atom. The van der Waals surface area contributed by atoms with Gasteiger partial charge in [-0.2, -0.15) is 0 Å². The van der Waals surface area contributed by atoms with E-state index < -0.39 is 11.9 Å². The Labute approximate surface area is 128 Å². The number of anilines is 1. The maximum absolute atomic E-state index is 12.0. The predicted molar refractivity (Wildman–Crippen MR) is 78.2 cm³/mol. The zero-order chi connectivity index (χ0) is 14.9. The van der Waals surface area contributed by atoms with Crippen molar-refractivity contribution in [1.29, 1.82) is 0 Å². The van der Waals surface area contributed by atoms with Crippen molar-refractivity contribution >= 4 is 51.4 Å². The average Bonchev–Trinajstić information content (AvgIpc) is 2.69. The van der Waals surface area contributed by atoms with Crippen LogP contribution in [0.15, 0.2) is 18.2 Å². The third kappa shape index (κ3) is 3.27. The number of thiophene rings is 1. The number of pyridine rings is 1. The lowest BCUT2D eigenvalue weighted by molar-refractivity contribution is 0.0701. The fourth-order valence-corrected chi connectivity index (χ4v) is 2.90. The first kappa shape index (κ1) is 14.8. The Bertz CT molecular complexity index is 680. The van der Waals surface area contributed by atoms with Gasteiger partial charge in [0.15, 0.2) is 0 Å². The molecule has 0 fully saturated rings. The Balaban J connectivity index is 2.23. The number of halogens is 2. The summed E-state index contributed by atoms with van der Waals surface area (Å²) in [5.41, 5.74) is 0.835. The van der Waals surface area contributed by atoms with Crippen molar-refractivity contribution in [2.75, 3.05) is 5.32 Å². The number of nitrogens with zero attached hydrogens (tertiary/aromatic N) is 1. The zero-order valence-corrected chi connectivity index (χ0v) is 12.4. The van der Waals surface area contributed by atoms with Crippen LogP contribution in [0.2, 0.25) is 10.3 Å². The summed E-state index contributed by atoms with van der Waals surface area (Å²) in [4.78, 5) is 26.9. The second kappa shape index (κ2) is 5.78. The van der Waals surface area contributed by atoms with Crippen LogP contribution in [0, 0.1) is 6.92 Å². The molecule has 0 bridgehead atoms. The Morgan fingerprint density at radius 3 is 2.35 bits per heavy atom. The lowest BCUT2D eigenvalue weighted by Crippen LogP contribution is -2.11. The summed E-state index contributed by atoms with van der Waals surface area (Å²) in [6.07, 6.45) is 0. The third-order valence-electron chi connectivity index (χ3n) is 2.37. The standard InChI is InChI=1S/C12H8Cl2N2O3S/c1-5-2-9(20-10(5)12(18)19)16-11(17)6-3-7(13)15-8(14)4-6/h2-4H,1H3,(H,16,17)(H,18,19). The molecule has 0 saturated carbocycles. The highest BCUT2D eigenvalue weighted by molar-refractivity contribution is 7.18. The normalized spacial score (nSPS) is 10.3. The number of carboxylic acid groups (broad SMARTS) is 1. The molecule has 5 nitrogen and oxygen atoms in total. The molecule has 0 atom stereocenters. The van der Waals surface area contributed by atoms with Crippen molar-refractivity contribution in [3.63, 3.8) is 0 Å². The number of hydrogen-bond acceptors (Lipinski definition) is 4. The number of carbonyl (C=O) groups is 2. The van der Waals surface area contributed by atoms with Gasteiger partial charge in [0.1, 0.15) is 15.2 Å². The highest BCUT2D eigenvalue weighted by atomic mass is 35.5. The lowest BCUT2D eigenvalue weighted by atomic mass is 10.2. The van der Waals surface area contributed by atoms with Crippen LogP contribution < -0.4 is 5.32 Å². The van der Waals surface area contributed by atoms with Gasteiger partial charge in [0.25, 0.3) is 5.91 Å². The van der Waals surface area contributed by atoms with Crippen molar-refractivity contribution in [3.8, 4) is 0 Å². The van der Waals surface area contributed by atoms with E-state index in [1.54, 1.807) is 13.0 Å². The number of aryl methyl sites for hydroxylation is 1. The maximum Gasteiger partial charge on any atom is 0.346 e. The highest BCUT2D eigenvalue weighted by Crippen LogP contribution is 2.27. The summed E-state index contributed by atoms with van der Waals surface area (Å²) in [7, 11) is 0. The van der Waals surface area contributed by atoms with Crippen LogP contribution in [0.3, 0.4) is 0 Å². The van der Waals surface area contributed by atoms with Gasteiger partial charge in [-0.25, -0.2) is 9.78 Å². The Morgan fingerprint density at radius 1 is 1.25 bits per heavy atom. The van der Waals surface area contributed by atoms with Crippen LogP contribution in [-0.4, -0.2) is 22.0 Å². The van der Waals surface area contributed by atoms with E-state index in [1.807, 2.05) is 0 Å². The van der Waals surface area contributed by atoms with Gasteiger partial charge in [0.2, 0.25) is 0 Å². The third-order valence-corrected chi connectivity index (χ3v) is 3.90. The first-order valence-corrected chi connectivity index (χ1v) is 6.92. The van der Waals surface area contributed by atoms with Gasteiger partial charge >= 0.3 is 5.97 Å². The van der Waals surface area contributed by atoms with Gasteiger partial charge in [0.05, 0.1) is 5.00 Å². The lowest BCUT2D eigenvalue weighted by Gasteiger charge is -2.03. The van der Waals surface area contributed by atoms with Gasteiger partial charge < -0.3 is 10.4 Å². The average molecular weight is 331 g/mol. The molecule has 2 rings (SSSR count). The molecule has 0 aromatic carbocycles. The number of hydrogen-bond donors (Lipinski definition) is 2. The number of nitrogens with one attached hydrogen (secondary N) is 1. The molecule has 0 aliphatic rings. The number of amides is 1. The van der Waals surface area contributed by atoms with E-state index in [0.717, 1.165) is 11.3 Å². The van der Waals surface area contributed by atoms with E-state index in [2.05, 4.69) is 10.3 Å². The van der Waals surface area contributed by atoms with E-state index in [9.17, 15) is 9.59 Å². The molecule has 20 heavy (non-hydrogen) atoms. The van der Waals surface area contributed by atoms with Crippen molar-refractivity contribution in [2.24, 2.45) is 0 Å². The number of aromatic nitrogens is 1. The number of carbonyl (C=O) groups excluding carboxylic acids is 1. The summed E-state index contributed by atoms with van der Waals surface area (Å²) in [6, 6.07) is 4.35. The quantitative estimate of drug-likeness (QED) is 0.841. The largest absolute Gasteiger partial charge is 0.477 e. The molecule has 2 N–H and O–H groups in total. The number of carboxylic acids is 1. The minimum atomic E-state index is -1.03. The van der Waals surface area contributed by atoms with Crippen LogP contribution >= 0.6 is 34.5 Å². The molecule has 104 valence electrons. The highest BCUT2D eigenvalue weighted by Gasteiger charge is 2.15. The first-order valence-electron chi connectivity index (χ1n) is 5.35. The molecule has 0 aliphatic heterocycles. The summed E-state index contributed by atoms with van der Waals surface area (Å²) < 4.78 is 0. The van der Waals surface area contributed by atoms with Gasteiger partial charge in [-0.3, -0.25) is 4.79 Å². The maximum atomic E-state index is 12.0. The number of aromatic carboxylic acids is 1. The van der Waals surface area contributed by atoms with Gasteiger partial charge in [0, 0.05) is 5.56 Å². The van der Waals surface area contributed by atoms with E-state index >= 15 is 0 Å². The van der Waals surface area contributed by atoms with Crippen LogP contribution in [0.5, 0.6) is 0 Å². The minimum absolute atomic E-state index is 0.108. The van der Waals surface area contributed by atoms with Crippen LogP contribution in [0.4, 0.5) is 5.00 Å². The Hall–Kier alpha value is -1.63. The second-order valence-corrected chi connectivity index (χ2v) is 5.71. The van der Waals surface area contributed by atoms with Gasteiger partial charge in [-0.05, 0) is 30.7 Å². The zero-order valence-electron chi connectivity index (χ0n) is 10.1. The molecular weight excluding hydrogens is 323 g/mol. The van der Waals surface area contributed by atoms with Crippen LogP contribution in [-0.2, 0) is 0 Å². The minimum Gasteiger partial charge on any atom is -0.477 e. The molecule has 0 radical (unpaired) electrons. The van der Waals surface area contributed by atoms with Gasteiger partial charge in [-0.15, -0.1) is 11.3 Å². The van der Waals surface area contributed by atoms with Crippen molar-refractivity contribution in [3.05, 3.63) is 44.5 Å². The molecule has 1 amide bonds. The monoisotopic (exact) mass is 330 g/mol. The Kier molecular flexibility index (Phi) is 4.27. The summed E-state index contributed by atoms with van der Waals surface area (Å²) >= 11 is 12.4.